The van der Waals surface area contributed by atoms with Gasteiger partial charge in [0, 0.05) is 25.0 Å². The largest absolute Gasteiger partial charge is 0.317 e. The molecule has 20 heavy (non-hydrogen) atoms. The average molecular weight is 320 g/mol. The molecule has 0 aliphatic carbocycles. The van der Waals surface area contributed by atoms with E-state index in [1.165, 1.54) is 6.20 Å². The van der Waals surface area contributed by atoms with E-state index in [0.717, 1.165) is 32.4 Å². The van der Waals surface area contributed by atoms with Crippen molar-refractivity contribution in [3.8, 4) is 0 Å². The number of nitrogens with zero attached hydrogens (tertiary/aromatic N) is 2. The second-order valence-corrected chi connectivity index (χ2v) is 6.68. The monoisotopic (exact) mass is 319 g/mol. The Bertz CT molecular complexity index is 490. The summed E-state index contributed by atoms with van der Waals surface area (Å²) in [7, 11) is -3.42. The molecule has 2 rings (SSSR count). The lowest BCUT2D eigenvalue weighted by molar-refractivity contribution is 0.262. The molecule has 1 N–H and O–H groups in total. The Hall–Kier alpha value is -0.690. The zero-order valence-electron chi connectivity index (χ0n) is 11.7. The van der Waals surface area contributed by atoms with Crippen LogP contribution in [-0.2, 0) is 10.0 Å². The van der Waals surface area contributed by atoms with Crippen molar-refractivity contribution >= 4 is 22.4 Å². The van der Waals surface area contributed by atoms with Gasteiger partial charge in [-0.25, -0.2) is 8.42 Å². The van der Waals surface area contributed by atoms with Crippen LogP contribution in [0.2, 0.25) is 0 Å². The highest BCUT2D eigenvalue weighted by molar-refractivity contribution is 7.89. The van der Waals surface area contributed by atoms with Crippen LogP contribution in [0.5, 0.6) is 0 Å². The number of halogens is 1. The summed E-state index contributed by atoms with van der Waals surface area (Å²) in [6.45, 7) is 4.34. The minimum atomic E-state index is -3.42. The SMILES string of the molecule is CCCN(C1CCNCC1)S(=O)(=O)c1cccnc1.Cl. The first-order valence-corrected chi connectivity index (χ1v) is 8.23. The summed E-state index contributed by atoms with van der Waals surface area (Å²) >= 11 is 0. The van der Waals surface area contributed by atoms with Crippen LogP contribution in [0.25, 0.3) is 0 Å². The number of rotatable bonds is 5. The molecule has 1 saturated heterocycles. The number of pyridine rings is 1. The topological polar surface area (TPSA) is 62.3 Å². The normalized spacial score (nSPS) is 16.9. The maximum Gasteiger partial charge on any atom is 0.244 e. The van der Waals surface area contributed by atoms with E-state index in [1.54, 1.807) is 22.6 Å². The van der Waals surface area contributed by atoms with E-state index >= 15 is 0 Å². The predicted octanol–water partition coefficient (Wildman–Crippen LogP) is 1.66. The minimum absolute atomic E-state index is 0. The first-order chi connectivity index (χ1) is 9.16. The maximum absolute atomic E-state index is 12.7. The molecule has 1 fully saturated rings. The molecule has 0 atom stereocenters. The van der Waals surface area contributed by atoms with E-state index in [4.69, 9.17) is 0 Å². The van der Waals surface area contributed by atoms with Crippen LogP contribution < -0.4 is 5.32 Å². The summed E-state index contributed by atoms with van der Waals surface area (Å²) in [4.78, 5) is 4.21. The number of hydrogen-bond acceptors (Lipinski definition) is 4. The first-order valence-electron chi connectivity index (χ1n) is 6.79. The molecule has 0 aromatic carbocycles. The third kappa shape index (κ3) is 3.91. The van der Waals surface area contributed by atoms with Gasteiger partial charge in [-0.3, -0.25) is 4.98 Å². The summed E-state index contributed by atoms with van der Waals surface area (Å²) in [5.74, 6) is 0. The van der Waals surface area contributed by atoms with Crippen LogP contribution in [0.1, 0.15) is 26.2 Å². The number of aromatic nitrogens is 1. The highest BCUT2D eigenvalue weighted by Gasteiger charge is 2.31. The Kier molecular flexibility index (Phi) is 6.88. The molecular weight excluding hydrogens is 298 g/mol. The fraction of sp³-hybridized carbons (Fsp3) is 0.615. The Labute approximate surface area is 127 Å². The average Bonchev–Trinajstić information content (AvgIpc) is 2.46. The Balaban J connectivity index is 0.00000200. The summed E-state index contributed by atoms with van der Waals surface area (Å²) in [5, 5.41) is 3.27. The lowest BCUT2D eigenvalue weighted by Crippen LogP contribution is -2.46. The van der Waals surface area contributed by atoms with Crippen molar-refractivity contribution in [3.63, 3.8) is 0 Å². The molecule has 1 aromatic rings. The molecule has 1 aliphatic heterocycles. The number of nitrogens with one attached hydrogen (secondary N) is 1. The van der Waals surface area contributed by atoms with Gasteiger partial charge in [0.2, 0.25) is 10.0 Å². The fourth-order valence-corrected chi connectivity index (χ4v) is 4.19. The zero-order valence-corrected chi connectivity index (χ0v) is 13.3. The minimum Gasteiger partial charge on any atom is -0.317 e. The van der Waals surface area contributed by atoms with Crippen molar-refractivity contribution in [1.82, 2.24) is 14.6 Å². The molecule has 0 unspecified atom stereocenters. The third-order valence-corrected chi connectivity index (χ3v) is 5.34. The molecule has 0 bridgehead atoms. The molecule has 1 aromatic heterocycles. The molecule has 1 aliphatic rings. The van der Waals surface area contributed by atoms with Gasteiger partial charge in [0.15, 0.2) is 0 Å². The molecule has 5 nitrogen and oxygen atoms in total. The molecule has 0 saturated carbocycles. The maximum atomic E-state index is 12.7. The second-order valence-electron chi connectivity index (χ2n) is 4.79. The van der Waals surface area contributed by atoms with Crippen LogP contribution >= 0.6 is 12.4 Å². The van der Waals surface area contributed by atoms with Gasteiger partial charge < -0.3 is 5.32 Å². The Morgan fingerprint density at radius 1 is 1.40 bits per heavy atom. The summed E-state index contributed by atoms with van der Waals surface area (Å²) in [5.41, 5.74) is 0. The summed E-state index contributed by atoms with van der Waals surface area (Å²) in [6.07, 6.45) is 5.59. The van der Waals surface area contributed by atoms with Crippen LogP contribution in [0.4, 0.5) is 0 Å². The Morgan fingerprint density at radius 2 is 2.10 bits per heavy atom. The molecular formula is C13H22ClN3O2S. The predicted molar refractivity (Wildman–Crippen MR) is 81.6 cm³/mol. The standard InChI is InChI=1S/C13H21N3O2S.ClH/c1-2-10-16(12-5-8-14-9-6-12)19(17,18)13-4-3-7-15-11-13;/h3-4,7,11-12,14H,2,5-6,8-10H2,1H3;1H. The second kappa shape index (κ2) is 7.93. The molecule has 0 radical (unpaired) electrons. The van der Waals surface area contributed by atoms with Crippen molar-refractivity contribution in [2.24, 2.45) is 0 Å². The quantitative estimate of drug-likeness (QED) is 0.896. The van der Waals surface area contributed by atoms with Crippen LogP contribution in [0.3, 0.4) is 0 Å². The van der Waals surface area contributed by atoms with Gasteiger partial charge in [-0.05, 0) is 44.5 Å². The molecule has 2 heterocycles. The van der Waals surface area contributed by atoms with E-state index in [0.29, 0.717) is 11.4 Å². The summed E-state index contributed by atoms with van der Waals surface area (Å²) < 4.78 is 27.0. The van der Waals surface area contributed by atoms with Gasteiger partial charge in [0.1, 0.15) is 4.90 Å². The lowest BCUT2D eigenvalue weighted by atomic mass is 10.1. The van der Waals surface area contributed by atoms with Gasteiger partial charge in [-0.15, -0.1) is 12.4 Å². The van der Waals surface area contributed by atoms with Gasteiger partial charge in [0.25, 0.3) is 0 Å². The van der Waals surface area contributed by atoms with Crippen LogP contribution in [0.15, 0.2) is 29.4 Å². The molecule has 114 valence electrons. The zero-order chi connectivity index (χ0) is 13.7. The number of sulfonamides is 1. The van der Waals surface area contributed by atoms with E-state index < -0.39 is 10.0 Å². The summed E-state index contributed by atoms with van der Waals surface area (Å²) in [6, 6.07) is 3.39. The van der Waals surface area contributed by atoms with Gasteiger partial charge >= 0.3 is 0 Å². The van der Waals surface area contributed by atoms with Crippen LogP contribution in [0, 0.1) is 0 Å². The first kappa shape index (κ1) is 17.4. The van der Waals surface area contributed by atoms with E-state index in [9.17, 15) is 8.42 Å². The van der Waals surface area contributed by atoms with E-state index in [2.05, 4.69) is 10.3 Å². The van der Waals surface area contributed by atoms with Crippen molar-refractivity contribution < 1.29 is 8.42 Å². The van der Waals surface area contributed by atoms with Crippen LogP contribution in [-0.4, -0.2) is 43.4 Å². The molecule has 0 spiro atoms. The van der Waals surface area contributed by atoms with Gasteiger partial charge in [0.05, 0.1) is 0 Å². The Morgan fingerprint density at radius 3 is 2.65 bits per heavy atom. The van der Waals surface area contributed by atoms with Crippen molar-refractivity contribution in [2.75, 3.05) is 19.6 Å². The molecule has 7 heteroatoms. The third-order valence-electron chi connectivity index (χ3n) is 3.40. The van der Waals surface area contributed by atoms with Crippen molar-refractivity contribution in [3.05, 3.63) is 24.5 Å². The van der Waals surface area contributed by atoms with E-state index in [1.807, 2.05) is 6.92 Å². The van der Waals surface area contributed by atoms with Crippen molar-refractivity contribution in [1.29, 1.82) is 0 Å². The van der Waals surface area contributed by atoms with E-state index in [-0.39, 0.29) is 18.4 Å². The van der Waals surface area contributed by atoms with Gasteiger partial charge in [-0.2, -0.15) is 4.31 Å². The smallest absolute Gasteiger partial charge is 0.244 e. The number of piperidine rings is 1. The highest BCUT2D eigenvalue weighted by Crippen LogP contribution is 2.22. The van der Waals surface area contributed by atoms with Crippen molar-refractivity contribution in [2.45, 2.75) is 37.1 Å². The molecule has 0 amide bonds. The number of hydrogen-bond donors (Lipinski definition) is 1. The fourth-order valence-electron chi connectivity index (χ4n) is 2.45. The highest BCUT2D eigenvalue weighted by atomic mass is 35.5. The lowest BCUT2D eigenvalue weighted by Gasteiger charge is -2.33. The van der Waals surface area contributed by atoms with Gasteiger partial charge in [-0.1, -0.05) is 6.92 Å².